The van der Waals surface area contributed by atoms with Gasteiger partial charge in [0.1, 0.15) is 17.2 Å². The van der Waals surface area contributed by atoms with Crippen LogP contribution in [0.3, 0.4) is 0 Å². The van der Waals surface area contributed by atoms with Gasteiger partial charge in [0.15, 0.2) is 17.2 Å². The molecule has 4 aliphatic rings. The van der Waals surface area contributed by atoms with Crippen molar-refractivity contribution >= 4 is 0 Å². The van der Waals surface area contributed by atoms with Crippen LogP contribution >= 0.6 is 0 Å². The predicted octanol–water partition coefficient (Wildman–Crippen LogP) is 4.55. The van der Waals surface area contributed by atoms with E-state index in [-0.39, 0.29) is 18.4 Å². The highest BCUT2D eigenvalue weighted by atomic mass is 16.7. The first-order chi connectivity index (χ1) is 15.2. The van der Waals surface area contributed by atoms with E-state index in [0.29, 0.717) is 5.92 Å². The lowest BCUT2D eigenvalue weighted by molar-refractivity contribution is -0.117. The molecule has 2 fully saturated rings. The zero-order valence-corrected chi connectivity index (χ0v) is 18.2. The Labute approximate surface area is 183 Å². The molecule has 164 valence electrons. The highest BCUT2D eigenvalue weighted by molar-refractivity contribution is 5.58. The fourth-order valence-electron chi connectivity index (χ4n) is 6.23. The molecule has 6 rings (SSSR count). The van der Waals surface area contributed by atoms with Gasteiger partial charge in [0.05, 0.1) is 14.2 Å². The third-order valence-corrected chi connectivity index (χ3v) is 7.58. The zero-order valence-electron chi connectivity index (χ0n) is 18.2. The van der Waals surface area contributed by atoms with Gasteiger partial charge in [-0.25, -0.2) is 0 Å². The summed E-state index contributed by atoms with van der Waals surface area (Å²) in [5, 5.41) is 0. The average molecular weight is 424 g/mol. The van der Waals surface area contributed by atoms with Crippen molar-refractivity contribution in [1.29, 1.82) is 0 Å². The summed E-state index contributed by atoms with van der Waals surface area (Å²) < 4.78 is 29.7. The van der Waals surface area contributed by atoms with Gasteiger partial charge in [-0.05, 0) is 37.8 Å². The molecular weight excluding hydrogens is 394 g/mol. The van der Waals surface area contributed by atoms with E-state index in [4.69, 9.17) is 23.7 Å². The molecule has 1 unspecified atom stereocenters. The summed E-state index contributed by atoms with van der Waals surface area (Å²) >= 11 is 0. The SMILES string of the molecule is COc1ccc([C@@H]2c3cc4c(cc3OC3(N5CCCC5)CCC[C@@H]23)OCO4)c(OC)c1. The lowest BCUT2D eigenvalue weighted by atomic mass is 9.73. The van der Waals surface area contributed by atoms with Gasteiger partial charge in [-0.2, -0.15) is 0 Å². The Morgan fingerprint density at radius 1 is 0.903 bits per heavy atom. The maximum absolute atomic E-state index is 6.95. The summed E-state index contributed by atoms with van der Waals surface area (Å²) in [6, 6.07) is 10.3. The van der Waals surface area contributed by atoms with E-state index in [9.17, 15) is 0 Å². The third kappa shape index (κ3) is 2.80. The molecular formula is C25H29NO5. The topological polar surface area (TPSA) is 49.4 Å². The summed E-state index contributed by atoms with van der Waals surface area (Å²) in [5.41, 5.74) is 2.07. The molecule has 0 bridgehead atoms. The van der Waals surface area contributed by atoms with E-state index in [1.54, 1.807) is 14.2 Å². The highest BCUT2D eigenvalue weighted by Crippen LogP contribution is 2.59. The summed E-state index contributed by atoms with van der Waals surface area (Å²) in [6.07, 6.45) is 5.83. The first-order valence-corrected chi connectivity index (χ1v) is 11.3. The number of nitrogens with zero attached hydrogens (tertiary/aromatic N) is 1. The van der Waals surface area contributed by atoms with Crippen molar-refractivity contribution in [1.82, 2.24) is 4.90 Å². The molecule has 6 heteroatoms. The van der Waals surface area contributed by atoms with Gasteiger partial charge in [-0.3, -0.25) is 4.90 Å². The van der Waals surface area contributed by atoms with E-state index in [0.717, 1.165) is 66.7 Å². The maximum Gasteiger partial charge on any atom is 0.231 e. The van der Waals surface area contributed by atoms with Crippen molar-refractivity contribution < 1.29 is 23.7 Å². The normalized spacial score (nSPS) is 28.7. The van der Waals surface area contributed by atoms with E-state index < -0.39 is 0 Å². The second kappa shape index (κ2) is 7.23. The molecule has 31 heavy (non-hydrogen) atoms. The minimum Gasteiger partial charge on any atom is -0.497 e. The molecule has 1 aliphatic carbocycles. The standard InChI is InChI=1S/C25H29NO5/c1-27-16-7-8-17(20(12-16)28-2)24-18-13-22-23(30-15-29-22)14-21(18)31-25(9-5-6-19(24)25)26-10-3-4-11-26/h7-8,12-14,19,24H,3-6,9-11,15H2,1-2H3/t19-,24+,25?/m0/s1. The van der Waals surface area contributed by atoms with Crippen LogP contribution in [0.5, 0.6) is 28.7 Å². The fraction of sp³-hybridized carbons (Fsp3) is 0.520. The minimum atomic E-state index is -0.271. The van der Waals surface area contributed by atoms with Crippen LogP contribution < -0.4 is 23.7 Å². The second-order valence-corrected chi connectivity index (χ2v) is 8.97. The van der Waals surface area contributed by atoms with Crippen LogP contribution in [0.25, 0.3) is 0 Å². The number of fused-ring (bicyclic) bond motifs is 3. The molecule has 3 heterocycles. The number of methoxy groups -OCH3 is 2. The first kappa shape index (κ1) is 19.1. The van der Waals surface area contributed by atoms with Crippen LogP contribution in [0.1, 0.15) is 49.1 Å². The van der Waals surface area contributed by atoms with Crippen molar-refractivity contribution in [3.05, 3.63) is 41.5 Å². The van der Waals surface area contributed by atoms with Crippen LogP contribution in [0.2, 0.25) is 0 Å². The van der Waals surface area contributed by atoms with Crippen LogP contribution in [0, 0.1) is 5.92 Å². The molecule has 1 saturated carbocycles. The van der Waals surface area contributed by atoms with Crippen molar-refractivity contribution in [2.24, 2.45) is 5.92 Å². The zero-order chi connectivity index (χ0) is 21.0. The Hall–Kier alpha value is -2.60. The molecule has 2 aromatic rings. The lowest BCUT2D eigenvalue weighted by Crippen LogP contribution is -2.58. The molecule has 1 saturated heterocycles. The van der Waals surface area contributed by atoms with E-state index >= 15 is 0 Å². The van der Waals surface area contributed by atoms with Gasteiger partial charge < -0.3 is 23.7 Å². The van der Waals surface area contributed by atoms with Gasteiger partial charge in [0.2, 0.25) is 6.79 Å². The van der Waals surface area contributed by atoms with Crippen LogP contribution in [0.4, 0.5) is 0 Å². The summed E-state index contributed by atoms with van der Waals surface area (Å²) in [5.74, 6) is 4.65. The Morgan fingerprint density at radius 3 is 2.48 bits per heavy atom. The molecule has 6 nitrogen and oxygen atoms in total. The van der Waals surface area contributed by atoms with Crippen molar-refractivity contribution in [3.63, 3.8) is 0 Å². The van der Waals surface area contributed by atoms with Gasteiger partial charge in [-0.15, -0.1) is 0 Å². The Balaban J connectivity index is 1.55. The molecule has 0 amide bonds. The second-order valence-electron chi connectivity index (χ2n) is 8.97. The lowest BCUT2D eigenvalue weighted by Gasteiger charge is -2.50. The van der Waals surface area contributed by atoms with Crippen molar-refractivity contribution in [2.45, 2.75) is 43.7 Å². The molecule has 0 spiro atoms. The number of likely N-dealkylation sites (tertiary alicyclic amines) is 1. The van der Waals surface area contributed by atoms with Crippen molar-refractivity contribution in [3.8, 4) is 28.7 Å². The van der Waals surface area contributed by atoms with Crippen LogP contribution in [0.15, 0.2) is 30.3 Å². The molecule has 0 N–H and O–H groups in total. The highest BCUT2D eigenvalue weighted by Gasteiger charge is 2.57. The van der Waals surface area contributed by atoms with Gasteiger partial charge >= 0.3 is 0 Å². The Bertz CT molecular complexity index is 1000. The quantitative estimate of drug-likeness (QED) is 0.719. The van der Waals surface area contributed by atoms with Gasteiger partial charge in [0, 0.05) is 54.6 Å². The molecule has 0 radical (unpaired) electrons. The Kier molecular flexibility index (Phi) is 4.46. The van der Waals surface area contributed by atoms with E-state index in [1.807, 2.05) is 18.2 Å². The van der Waals surface area contributed by atoms with E-state index in [1.165, 1.54) is 18.4 Å². The molecule has 2 aromatic carbocycles. The molecule has 0 aromatic heterocycles. The van der Waals surface area contributed by atoms with Crippen molar-refractivity contribution in [2.75, 3.05) is 34.1 Å². The number of ether oxygens (including phenoxy) is 5. The predicted molar refractivity (Wildman–Crippen MR) is 115 cm³/mol. The van der Waals surface area contributed by atoms with Gasteiger partial charge in [0.25, 0.3) is 0 Å². The van der Waals surface area contributed by atoms with Gasteiger partial charge in [-0.1, -0.05) is 6.07 Å². The van der Waals surface area contributed by atoms with E-state index in [2.05, 4.69) is 17.0 Å². The number of rotatable bonds is 4. The summed E-state index contributed by atoms with van der Waals surface area (Å²) in [4.78, 5) is 2.60. The third-order valence-electron chi connectivity index (χ3n) is 7.58. The minimum absolute atomic E-state index is 0.155. The number of hydrogen-bond acceptors (Lipinski definition) is 6. The maximum atomic E-state index is 6.95. The summed E-state index contributed by atoms with van der Waals surface area (Å²) in [7, 11) is 3.43. The molecule has 3 atom stereocenters. The molecule has 3 aliphatic heterocycles. The Morgan fingerprint density at radius 2 is 1.71 bits per heavy atom. The summed E-state index contributed by atoms with van der Waals surface area (Å²) in [6.45, 7) is 2.46. The number of hydrogen-bond donors (Lipinski definition) is 0. The monoisotopic (exact) mass is 423 g/mol. The average Bonchev–Trinajstić information content (AvgIpc) is 3.56. The van der Waals surface area contributed by atoms with Crippen LogP contribution in [-0.4, -0.2) is 44.7 Å². The largest absolute Gasteiger partial charge is 0.497 e. The smallest absolute Gasteiger partial charge is 0.231 e. The first-order valence-electron chi connectivity index (χ1n) is 11.3. The number of benzene rings is 2. The fourth-order valence-corrected chi connectivity index (χ4v) is 6.23. The van der Waals surface area contributed by atoms with Crippen LogP contribution in [-0.2, 0) is 0 Å².